The van der Waals surface area contributed by atoms with Crippen molar-refractivity contribution in [3.8, 4) is 0 Å². The summed E-state index contributed by atoms with van der Waals surface area (Å²) in [5.74, 6) is 3.18. The zero-order chi connectivity index (χ0) is 6.43. The maximum Gasteiger partial charge on any atom is 0.0124 e. The van der Waals surface area contributed by atoms with Gasteiger partial charge in [-0.1, -0.05) is 18.9 Å². The van der Waals surface area contributed by atoms with Crippen molar-refractivity contribution in [1.29, 1.82) is 0 Å². The number of hydrogen-bond acceptors (Lipinski definition) is 2. The standard InChI is InChI=1S/C7H13NS/c1-5-6-3-8(9-2)4-7(5)6/h5-7H,3-4H2,1-2H3. The lowest BCUT2D eigenvalue weighted by atomic mass is 10.3. The largest absolute Gasteiger partial charge is 0.250 e. The highest BCUT2D eigenvalue weighted by atomic mass is 32.2. The first-order chi connectivity index (χ1) is 4.33. The molecule has 0 aromatic rings. The molecule has 9 heavy (non-hydrogen) atoms. The summed E-state index contributed by atoms with van der Waals surface area (Å²) >= 11 is 1.90. The summed E-state index contributed by atoms with van der Waals surface area (Å²) in [7, 11) is 0. The Hall–Kier alpha value is 0.310. The summed E-state index contributed by atoms with van der Waals surface area (Å²) in [5.41, 5.74) is 0. The van der Waals surface area contributed by atoms with Gasteiger partial charge < -0.3 is 0 Å². The van der Waals surface area contributed by atoms with Gasteiger partial charge in [0.15, 0.2) is 0 Å². The van der Waals surface area contributed by atoms with Crippen LogP contribution in [-0.4, -0.2) is 23.7 Å². The van der Waals surface area contributed by atoms with Crippen molar-refractivity contribution < 1.29 is 0 Å². The third kappa shape index (κ3) is 0.802. The fourth-order valence-electron chi connectivity index (χ4n) is 1.93. The average Bonchev–Trinajstić information content (AvgIpc) is 2.32. The molecular formula is C7H13NS. The van der Waals surface area contributed by atoms with Crippen molar-refractivity contribution in [2.45, 2.75) is 6.92 Å². The summed E-state index contributed by atoms with van der Waals surface area (Å²) in [6.07, 6.45) is 2.18. The van der Waals surface area contributed by atoms with Crippen LogP contribution in [0.3, 0.4) is 0 Å². The lowest BCUT2D eigenvalue weighted by Gasteiger charge is -2.13. The fraction of sp³-hybridized carbons (Fsp3) is 1.00. The predicted molar refractivity (Wildman–Crippen MR) is 41.2 cm³/mol. The highest BCUT2D eigenvalue weighted by Gasteiger charge is 2.52. The van der Waals surface area contributed by atoms with Crippen LogP contribution in [0.5, 0.6) is 0 Å². The average molecular weight is 143 g/mol. The van der Waals surface area contributed by atoms with E-state index < -0.39 is 0 Å². The second-order valence-corrected chi connectivity index (χ2v) is 4.10. The molecule has 1 aliphatic carbocycles. The molecule has 2 unspecified atom stereocenters. The zero-order valence-electron chi connectivity index (χ0n) is 6.00. The van der Waals surface area contributed by atoms with Crippen LogP contribution in [0, 0.1) is 17.8 Å². The third-order valence-electron chi connectivity index (χ3n) is 2.85. The molecule has 0 spiro atoms. The highest BCUT2D eigenvalue weighted by molar-refractivity contribution is 7.96. The van der Waals surface area contributed by atoms with Gasteiger partial charge in [-0.05, 0) is 24.0 Å². The van der Waals surface area contributed by atoms with Gasteiger partial charge in [0.2, 0.25) is 0 Å². The maximum atomic E-state index is 2.48. The smallest absolute Gasteiger partial charge is 0.0124 e. The van der Waals surface area contributed by atoms with E-state index in [9.17, 15) is 0 Å². The molecule has 2 aliphatic rings. The van der Waals surface area contributed by atoms with E-state index in [0.717, 1.165) is 17.8 Å². The molecule has 1 aliphatic heterocycles. The summed E-state index contributed by atoms with van der Waals surface area (Å²) in [4.78, 5) is 0. The Morgan fingerprint density at radius 1 is 1.33 bits per heavy atom. The summed E-state index contributed by atoms with van der Waals surface area (Å²) < 4.78 is 2.48. The molecular weight excluding hydrogens is 130 g/mol. The Morgan fingerprint density at radius 3 is 2.33 bits per heavy atom. The van der Waals surface area contributed by atoms with Crippen LogP contribution in [0.1, 0.15) is 6.92 Å². The molecule has 2 fully saturated rings. The Bertz CT molecular complexity index is 114. The molecule has 1 nitrogen and oxygen atoms in total. The van der Waals surface area contributed by atoms with Gasteiger partial charge in [-0.15, -0.1) is 0 Å². The van der Waals surface area contributed by atoms with Crippen LogP contribution < -0.4 is 0 Å². The van der Waals surface area contributed by atoms with Gasteiger partial charge in [-0.3, -0.25) is 4.31 Å². The van der Waals surface area contributed by atoms with Crippen LogP contribution in [0.15, 0.2) is 0 Å². The van der Waals surface area contributed by atoms with E-state index in [0.29, 0.717) is 0 Å². The molecule has 2 atom stereocenters. The van der Waals surface area contributed by atoms with Crippen molar-refractivity contribution in [1.82, 2.24) is 4.31 Å². The summed E-state index contributed by atoms with van der Waals surface area (Å²) in [5, 5.41) is 0. The topological polar surface area (TPSA) is 3.24 Å². The lowest BCUT2D eigenvalue weighted by Crippen LogP contribution is -2.15. The van der Waals surface area contributed by atoms with E-state index in [1.165, 1.54) is 13.1 Å². The molecule has 1 heterocycles. The molecule has 0 N–H and O–H groups in total. The third-order valence-corrected chi connectivity index (χ3v) is 3.66. The summed E-state index contributed by atoms with van der Waals surface area (Å²) in [6.45, 7) is 5.09. The van der Waals surface area contributed by atoms with Gasteiger partial charge in [0.25, 0.3) is 0 Å². The molecule has 52 valence electrons. The molecule has 2 rings (SSSR count). The maximum absolute atomic E-state index is 2.48. The second-order valence-electron chi connectivity index (χ2n) is 3.22. The van der Waals surface area contributed by atoms with Crippen LogP contribution in [0.25, 0.3) is 0 Å². The highest BCUT2D eigenvalue weighted by Crippen LogP contribution is 2.52. The lowest BCUT2D eigenvalue weighted by molar-refractivity contribution is 0.477. The SMILES string of the molecule is CSN1CC2C(C)C2C1. The minimum Gasteiger partial charge on any atom is -0.250 e. The minimum absolute atomic E-state index is 1.05. The predicted octanol–water partition coefficient (Wildman–Crippen LogP) is 1.46. The molecule has 0 aromatic carbocycles. The first-order valence-electron chi connectivity index (χ1n) is 3.62. The quantitative estimate of drug-likeness (QED) is 0.511. The van der Waals surface area contributed by atoms with Crippen LogP contribution in [0.2, 0.25) is 0 Å². The van der Waals surface area contributed by atoms with Crippen molar-refractivity contribution in [2.75, 3.05) is 19.3 Å². The number of hydrogen-bond donors (Lipinski definition) is 0. The van der Waals surface area contributed by atoms with Gasteiger partial charge in [0, 0.05) is 13.1 Å². The Morgan fingerprint density at radius 2 is 1.89 bits per heavy atom. The molecule has 0 amide bonds. The number of rotatable bonds is 1. The molecule has 1 saturated carbocycles. The number of fused-ring (bicyclic) bond motifs is 1. The van der Waals surface area contributed by atoms with Gasteiger partial charge >= 0.3 is 0 Å². The number of piperidine rings is 1. The minimum atomic E-state index is 1.05. The van der Waals surface area contributed by atoms with E-state index >= 15 is 0 Å². The van der Waals surface area contributed by atoms with Gasteiger partial charge in [0.1, 0.15) is 0 Å². The first kappa shape index (κ1) is 6.05. The van der Waals surface area contributed by atoms with Crippen molar-refractivity contribution in [3.05, 3.63) is 0 Å². The Labute approximate surface area is 60.9 Å². The molecule has 0 aromatic heterocycles. The molecule has 0 radical (unpaired) electrons. The van der Waals surface area contributed by atoms with Gasteiger partial charge in [-0.25, -0.2) is 0 Å². The van der Waals surface area contributed by atoms with Gasteiger partial charge in [-0.2, -0.15) is 0 Å². The fourth-order valence-corrected chi connectivity index (χ4v) is 2.58. The van der Waals surface area contributed by atoms with Crippen LogP contribution in [0.4, 0.5) is 0 Å². The van der Waals surface area contributed by atoms with Crippen molar-refractivity contribution in [2.24, 2.45) is 17.8 Å². The zero-order valence-corrected chi connectivity index (χ0v) is 6.82. The number of nitrogens with zero attached hydrogens (tertiary/aromatic N) is 1. The van der Waals surface area contributed by atoms with Crippen molar-refractivity contribution >= 4 is 11.9 Å². The Balaban J connectivity index is 1.89. The van der Waals surface area contributed by atoms with E-state index in [-0.39, 0.29) is 0 Å². The van der Waals surface area contributed by atoms with E-state index in [1.807, 2.05) is 11.9 Å². The molecule has 2 heteroatoms. The monoisotopic (exact) mass is 143 g/mol. The Kier molecular flexibility index (Phi) is 1.27. The second kappa shape index (κ2) is 1.89. The van der Waals surface area contributed by atoms with E-state index in [1.54, 1.807) is 0 Å². The normalized spacial score (nSPS) is 49.3. The van der Waals surface area contributed by atoms with Crippen molar-refractivity contribution in [3.63, 3.8) is 0 Å². The first-order valence-corrected chi connectivity index (χ1v) is 4.80. The van der Waals surface area contributed by atoms with E-state index in [4.69, 9.17) is 0 Å². The molecule has 0 bridgehead atoms. The van der Waals surface area contributed by atoms with Crippen LogP contribution in [-0.2, 0) is 0 Å². The summed E-state index contributed by atoms with van der Waals surface area (Å²) in [6, 6.07) is 0. The van der Waals surface area contributed by atoms with Crippen LogP contribution >= 0.6 is 11.9 Å². The van der Waals surface area contributed by atoms with E-state index in [2.05, 4.69) is 17.5 Å². The molecule has 1 saturated heterocycles. The van der Waals surface area contributed by atoms with Gasteiger partial charge in [0.05, 0.1) is 0 Å².